The van der Waals surface area contributed by atoms with Gasteiger partial charge in [0, 0.05) is 10.4 Å². The maximum absolute atomic E-state index is 9.69. The Hall–Kier alpha value is -1.62. The van der Waals surface area contributed by atoms with E-state index < -0.39 is 11.7 Å². The molecule has 2 atom stereocenters. The molecule has 1 aromatic carbocycles. The second-order valence-electron chi connectivity index (χ2n) is 6.28. The van der Waals surface area contributed by atoms with E-state index in [1.54, 1.807) is 6.08 Å². The van der Waals surface area contributed by atoms with E-state index in [4.69, 9.17) is 21.3 Å². The summed E-state index contributed by atoms with van der Waals surface area (Å²) in [6.45, 7) is 5.93. The van der Waals surface area contributed by atoms with Gasteiger partial charge in [-0.1, -0.05) is 24.6 Å². The van der Waals surface area contributed by atoms with E-state index in [1.807, 2.05) is 51.1 Å². The van der Waals surface area contributed by atoms with Crippen molar-refractivity contribution in [3.63, 3.8) is 0 Å². The Morgan fingerprint density at radius 1 is 1.43 bits per heavy atom. The first-order chi connectivity index (χ1) is 10.9. The molecule has 1 aromatic heterocycles. The van der Waals surface area contributed by atoms with Gasteiger partial charge in [0.15, 0.2) is 0 Å². The summed E-state index contributed by atoms with van der Waals surface area (Å²) >= 11 is 6.08. The Morgan fingerprint density at radius 3 is 2.96 bits per heavy atom. The summed E-state index contributed by atoms with van der Waals surface area (Å²) in [6.07, 6.45) is 3.51. The molecule has 5 heteroatoms. The van der Waals surface area contributed by atoms with Crippen molar-refractivity contribution in [1.82, 2.24) is 4.98 Å². The molecule has 1 aliphatic rings. The summed E-state index contributed by atoms with van der Waals surface area (Å²) in [5.74, 6) is 0. The number of fused-ring (bicyclic) bond motifs is 2. The molecule has 0 aliphatic carbocycles. The van der Waals surface area contributed by atoms with Gasteiger partial charge in [-0.15, -0.1) is 0 Å². The number of benzene rings is 1. The summed E-state index contributed by atoms with van der Waals surface area (Å²) in [6, 6.07) is 7.70. The molecule has 2 unspecified atom stereocenters. The lowest BCUT2D eigenvalue weighted by Gasteiger charge is -2.37. The Labute approximate surface area is 141 Å². The van der Waals surface area contributed by atoms with Gasteiger partial charge in [-0.25, -0.2) is 4.98 Å². The number of nitrogens with one attached hydrogen (secondary N) is 1. The third kappa shape index (κ3) is 3.34. The first kappa shape index (κ1) is 16.2. The minimum atomic E-state index is -0.527. The van der Waals surface area contributed by atoms with E-state index in [1.165, 1.54) is 0 Å². The van der Waals surface area contributed by atoms with Crippen LogP contribution < -0.4 is 5.32 Å². The molecule has 122 valence electrons. The number of ether oxygens (including phenoxy) is 1. The standard InChI is InChI=1S/C18H21ClN2O2/c1-4-13(22)6-8-16-20-15-10-11-9-12(19)5-7-14(11)21-17(15)18(2,3)23-16/h5-10,13,16,20,22H,4H2,1-3H3/b8-6+. The number of hydrogen-bond donors (Lipinski definition) is 2. The van der Waals surface area contributed by atoms with Crippen LogP contribution in [-0.4, -0.2) is 22.4 Å². The lowest BCUT2D eigenvalue weighted by Crippen LogP contribution is -2.39. The summed E-state index contributed by atoms with van der Waals surface area (Å²) in [5, 5.41) is 14.7. The van der Waals surface area contributed by atoms with Crippen LogP contribution >= 0.6 is 11.6 Å². The van der Waals surface area contributed by atoms with Crippen molar-refractivity contribution >= 4 is 28.2 Å². The van der Waals surface area contributed by atoms with Crippen molar-refractivity contribution < 1.29 is 9.84 Å². The van der Waals surface area contributed by atoms with Crippen molar-refractivity contribution in [2.45, 2.75) is 45.1 Å². The van der Waals surface area contributed by atoms with Crippen LogP contribution in [0.4, 0.5) is 5.69 Å². The molecule has 0 saturated heterocycles. The van der Waals surface area contributed by atoms with E-state index in [-0.39, 0.29) is 6.23 Å². The number of anilines is 1. The van der Waals surface area contributed by atoms with Crippen LogP contribution in [0.2, 0.25) is 5.02 Å². The van der Waals surface area contributed by atoms with Gasteiger partial charge in [-0.05, 0) is 50.6 Å². The third-order valence-electron chi connectivity index (χ3n) is 3.99. The average molecular weight is 333 g/mol. The molecule has 2 N–H and O–H groups in total. The Kier molecular flexibility index (Phi) is 4.32. The van der Waals surface area contributed by atoms with Crippen LogP contribution in [-0.2, 0) is 10.3 Å². The molecule has 2 heterocycles. The van der Waals surface area contributed by atoms with Crippen molar-refractivity contribution in [2.24, 2.45) is 0 Å². The van der Waals surface area contributed by atoms with Crippen molar-refractivity contribution in [2.75, 3.05) is 5.32 Å². The fraction of sp³-hybridized carbons (Fsp3) is 0.389. The zero-order valence-corrected chi connectivity index (χ0v) is 14.3. The van der Waals surface area contributed by atoms with Crippen LogP contribution in [0, 0.1) is 0 Å². The molecule has 0 radical (unpaired) electrons. The zero-order chi connectivity index (χ0) is 16.6. The van der Waals surface area contributed by atoms with E-state index in [2.05, 4.69) is 5.32 Å². The SMILES string of the molecule is CCC(O)/C=C/C1Nc2cc3cc(Cl)ccc3nc2C(C)(C)O1. The van der Waals surface area contributed by atoms with Gasteiger partial charge >= 0.3 is 0 Å². The molecule has 23 heavy (non-hydrogen) atoms. The van der Waals surface area contributed by atoms with Crippen LogP contribution in [0.5, 0.6) is 0 Å². The summed E-state index contributed by atoms with van der Waals surface area (Å²) in [5.41, 5.74) is 2.16. The van der Waals surface area contributed by atoms with Gasteiger partial charge in [0.1, 0.15) is 11.8 Å². The minimum Gasteiger partial charge on any atom is -0.389 e. The third-order valence-corrected chi connectivity index (χ3v) is 4.23. The highest BCUT2D eigenvalue weighted by Crippen LogP contribution is 2.37. The Bertz CT molecular complexity index is 758. The van der Waals surface area contributed by atoms with Gasteiger partial charge in [0.2, 0.25) is 0 Å². The van der Waals surface area contributed by atoms with Crippen molar-refractivity contribution in [1.29, 1.82) is 0 Å². The molecular weight excluding hydrogens is 312 g/mol. The first-order valence-electron chi connectivity index (χ1n) is 7.80. The van der Waals surface area contributed by atoms with Gasteiger partial charge in [0.25, 0.3) is 0 Å². The van der Waals surface area contributed by atoms with Crippen LogP contribution in [0.15, 0.2) is 36.4 Å². The predicted molar refractivity (Wildman–Crippen MR) is 93.7 cm³/mol. The van der Waals surface area contributed by atoms with Crippen molar-refractivity contribution in [3.8, 4) is 0 Å². The highest BCUT2D eigenvalue weighted by molar-refractivity contribution is 6.31. The second-order valence-corrected chi connectivity index (χ2v) is 6.71. The number of pyridine rings is 1. The maximum Gasteiger partial charge on any atom is 0.148 e. The zero-order valence-electron chi connectivity index (χ0n) is 13.5. The second kappa shape index (κ2) is 6.11. The first-order valence-corrected chi connectivity index (χ1v) is 8.18. The number of rotatable bonds is 3. The van der Waals surface area contributed by atoms with E-state index in [9.17, 15) is 5.11 Å². The normalized spacial score (nSPS) is 21.2. The molecule has 0 bridgehead atoms. The minimum absolute atomic E-state index is 0.308. The number of aliphatic hydroxyl groups excluding tert-OH is 1. The molecule has 1 aliphatic heterocycles. The molecule has 2 aromatic rings. The number of halogens is 1. The van der Waals surface area contributed by atoms with Crippen LogP contribution in [0.1, 0.15) is 32.9 Å². The quantitative estimate of drug-likeness (QED) is 0.826. The Balaban J connectivity index is 2.00. The lowest BCUT2D eigenvalue weighted by molar-refractivity contribution is -0.0545. The van der Waals surface area contributed by atoms with E-state index in [0.717, 1.165) is 22.3 Å². The monoisotopic (exact) mass is 332 g/mol. The summed E-state index contributed by atoms with van der Waals surface area (Å²) in [4.78, 5) is 4.74. The lowest BCUT2D eigenvalue weighted by atomic mass is 9.98. The molecule has 0 amide bonds. The molecule has 3 rings (SSSR count). The number of aromatic nitrogens is 1. The Morgan fingerprint density at radius 2 is 2.22 bits per heavy atom. The highest BCUT2D eigenvalue weighted by Gasteiger charge is 2.34. The average Bonchev–Trinajstić information content (AvgIpc) is 2.50. The maximum atomic E-state index is 9.69. The number of nitrogens with zero attached hydrogens (tertiary/aromatic N) is 1. The van der Waals surface area contributed by atoms with Crippen LogP contribution in [0.25, 0.3) is 10.9 Å². The molecular formula is C18H21ClN2O2. The number of hydrogen-bond acceptors (Lipinski definition) is 4. The highest BCUT2D eigenvalue weighted by atomic mass is 35.5. The van der Waals surface area contributed by atoms with Crippen LogP contribution in [0.3, 0.4) is 0 Å². The molecule has 0 spiro atoms. The number of aliphatic hydroxyl groups is 1. The van der Waals surface area contributed by atoms with Gasteiger partial charge in [0.05, 0.1) is 23.0 Å². The summed E-state index contributed by atoms with van der Waals surface area (Å²) < 4.78 is 6.07. The molecule has 0 saturated carbocycles. The van der Waals surface area contributed by atoms with E-state index in [0.29, 0.717) is 11.4 Å². The smallest absolute Gasteiger partial charge is 0.148 e. The van der Waals surface area contributed by atoms with Crippen molar-refractivity contribution in [3.05, 3.63) is 47.1 Å². The largest absolute Gasteiger partial charge is 0.389 e. The topological polar surface area (TPSA) is 54.4 Å². The van der Waals surface area contributed by atoms with Gasteiger partial charge in [-0.2, -0.15) is 0 Å². The van der Waals surface area contributed by atoms with Gasteiger partial charge < -0.3 is 15.2 Å². The predicted octanol–water partition coefficient (Wildman–Crippen LogP) is 4.22. The fourth-order valence-corrected chi connectivity index (χ4v) is 2.91. The molecule has 0 fully saturated rings. The summed E-state index contributed by atoms with van der Waals surface area (Å²) in [7, 11) is 0. The fourth-order valence-electron chi connectivity index (χ4n) is 2.72. The van der Waals surface area contributed by atoms with E-state index >= 15 is 0 Å². The van der Waals surface area contributed by atoms with Gasteiger partial charge in [-0.3, -0.25) is 0 Å². The molecule has 4 nitrogen and oxygen atoms in total.